The highest BCUT2D eigenvalue weighted by molar-refractivity contribution is 7.21. The molecule has 1 aromatic heterocycles. The van der Waals surface area contributed by atoms with Gasteiger partial charge in [0, 0.05) is 18.3 Å². The van der Waals surface area contributed by atoms with E-state index in [1.54, 1.807) is 11.3 Å². The SMILES string of the molecule is CC.[11CH3]Nc1ccc(-c2nc3ccc(CO)cc3s2)cc1. The van der Waals surface area contributed by atoms with E-state index in [9.17, 15) is 0 Å². The van der Waals surface area contributed by atoms with E-state index in [1.165, 1.54) is 0 Å². The molecule has 0 bridgehead atoms. The lowest BCUT2D eigenvalue weighted by atomic mass is 10.2. The van der Waals surface area contributed by atoms with Crippen LogP contribution < -0.4 is 5.32 Å². The van der Waals surface area contributed by atoms with Crippen molar-refractivity contribution in [2.75, 3.05) is 12.4 Å². The standard InChI is InChI=1S/C15H14N2OS.C2H6/c1-16-12-5-3-11(4-6-12)15-17-13-7-2-10(9-18)8-14(13)19-15;1-2/h2-8,16,18H,9H2,1H3;1-2H3/i1-1;. The lowest BCUT2D eigenvalue weighted by molar-refractivity contribution is 0.282. The second-order valence-corrected chi connectivity index (χ2v) is 5.34. The molecule has 3 aromatic rings. The quantitative estimate of drug-likeness (QED) is 0.747. The van der Waals surface area contributed by atoms with Gasteiger partial charge in [-0.25, -0.2) is 4.98 Å². The van der Waals surface area contributed by atoms with Gasteiger partial charge in [-0.2, -0.15) is 0 Å². The molecule has 0 radical (unpaired) electrons. The Balaban J connectivity index is 0.000000774. The van der Waals surface area contributed by atoms with Crippen molar-refractivity contribution in [3.05, 3.63) is 48.0 Å². The fourth-order valence-corrected chi connectivity index (χ4v) is 3.01. The van der Waals surface area contributed by atoms with Crippen LogP contribution in [0.4, 0.5) is 5.69 Å². The minimum atomic E-state index is 0.0695. The van der Waals surface area contributed by atoms with Crippen LogP contribution in [-0.2, 0) is 6.61 Å². The Bertz CT molecular complexity index is 704. The predicted molar refractivity (Wildman–Crippen MR) is 91.9 cm³/mol. The zero-order valence-electron chi connectivity index (χ0n) is 12.6. The van der Waals surface area contributed by atoms with Gasteiger partial charge in [-0.3, -0.25) is 0 Å². The number of hydrogen-bond donors (Lipinski definition) is 2. The Hall–Kier alpha value is -1.91. The molecule has 3 rings (SSSR count). The number of aliphatic hydroxyl groups is 1. The third-order valence-electron chi connectivity index (χ3n) is 3.06. The van der Waals surface area contributed by atoms with Crippen LogP contribution >= 0.6 is 11.3 Å². The monoisotopic (exact) mass is 299 g/mol. The Morgan fingerprint density at radius 3 is 2.43 bits per heavy atom. The summed E-state index contributed by atoms with van der Waals surface area (Å²) in [5.41, 5.74) is 4.11. The van der Waals surface area contributed by atoms with Crippen molar-refractivity contribution in [2.45, 2.75) is 20.5 Å². The second kappa shape index (κ2) is 7.20. The second-order valence-electron chi connectivity index (χ2n) is 4.31. The van der Waals surface area contributed by atoms with Crippen molar-refractivity contribution >= 4 is 27.2 Å². The first-order chi connectivity index (χ1) is 10.3. The first-order valence-corrected chi connectivity index (χ1v) is 7.90. The lowest BCUT2D eigenvalue weighted by Gasteiger charge is -2.00. The van der Waals surface area contributed by atoms with E-state index in [0.29, 0.717) is 0 Å². The molecule has 1 heterocycles. The first kappa shape index (κ1) is 15.5. The molecule has 110 valence electrons. The molecular formula is C17H20N2OS. The summed E-state index contributed by atoms with van der Waals surface area (Å²) < 4.78 is 1.11. The van der Waals surface area contributed by atoms with Crippen LogP contribution in [0.15, 0.2) is 42.5 Å². The number of hydrogen-bond acceptors (Lipinski definition) is 4. The van der Waals surface area contributed by atoms with Crippen LogP contribution in [0.5, 0.6) is 0 Å². The summed E-state index contributed by atoms with van der Waals surface area (Å²) in [6, 6.07) is 14.1. The van der Waals surface area contributed by atoms with Crippen LogP contribution in [0.1, 0.15) is 19.4 Å². The topological polar surface area (TPSA) is 45.2 Å². The number of nitrogens with zero attached hydrogens (tertiary/aromatic N) is 1. The molecule has 2 N–H and O–H groups in total. The summed E-state index contributed by atoms with van der Waals surface area (Å²) in [6.07, 6.45) is 0. The van der Waals surface area contributed by atoms with Gasteiger partial charge in [0.05, 0.1) is 16.8 Å². The van der Waals surface area contributed by atoms with Crippen LogP contribution in [0.2, 0.25) is 0 Å². The summed E-state index contributed by atoms with van der Waals surface area (Å²) in [6.45, 7) is 4.07. The van der Waals surface area contributed by atoms with E-state index >= 15 is 0 Å². The molecule has 0 amide bonds. The maximum absolute atomic E-state index is 9.16. The summed E-state index contributed by atoms with van der Waals surface area (Å²) >= 11 is 1.65. The summed E-state index contributed by atoms with van der Waals surface area (Å²) in [7, 11) is 1.91. The number of fused-ring (bicyclic) bond motifs is 1. The Kier molecular flexibility index (Phi) is 5.31. The van der Waals surface area contributed by atoms with Crippen molar-refractivity contribution < 1.29 is 5.11 Å². The number of benzene rings is 2. The van der Waals surface area contributed by atoms with E-state index in [0.717, 1.165) is 32.0 Å². The lowest BCUT2D eigenvalue weighted by Crippen LogP contribution is -1.86. The molecule has 3 nitrogen and oxygen atoms in total. The average Bonchev–Trinajstić information content (AvgIpc) is 2.99. The minimum absolute atomic E-state index is 0.0695. The van der Waals surface area contributed by atoms with E-state index in [4.69, 9.17) is 5.11 Å². The molecule has 0 spiro atoms. The molecule has 0 fully saturated rings. The van der Waals surface area contributed by atoms with Crippen LogP contribution in [0, 0.1) is 0 Å². The molecule has 0 saturated heterocycles. The molecule has 0 atom stereocenters. The molecule has 4 heteroatoms. The van der Waals surface area contributed by atoms with E-state index in [-0.39, 0.29) is 6.61 Å². The predicted octanol–water partition coefficient (Wildman–Crippen LogP) is 4.52. The highest BCUT2D eigenvalue weighted by Gasteiger charge is 2.06. The number of anilines is 1. The van der Waals surface area contributed by atoms with E-state index in [1.807, 2.05) is 51.2 Å². The van der Waals surface area contributed by atoms with Crippen molar-refractivity contribution in [1.82, 2.24) is 4.98 Å². The fraction of sp³-hybridized carbons (Fsp3) is 0.235. The Morgan fingerprint density at radius 2 is 1.81 bits per heavy atom. The van der Waals surface area contributed by atoms with Crippen molar-refractivity contribution in [3.8, 4) is 10.6 Å². The van der Waals surface area contributed by atoms with Gasteiger partial charge in [0.2, 0.25) is 0 Å². The molecule has 21 heavy (non-hydrogen) atoms. The van der Waals surface area contributed by atoms with E-state index < -0.39 is 0 Å². The molecular weight excluding hydrogens is 279 g/mol. The Labute approximate surface area is 129 Å². The van der Waals surface area contributed by atoms with Crippen LogP contribution in [0.25, 0.3) is 20.8 Å². The van der Waals surface area contributed by atoms with Gasteiger partial charge in [0.25, 0.3) is 0 Å². The molecule has 0 aliphatic rings. The zero-order chi connectivity index (χ0) is 15.2. The average molecular weight is 299 g/mol. The molecule has 0 unspecified atom stereocenters. The van der Waals surface area contributed by atoms with Gasteiger partial charge in [-0.15, -0.1) is 11.3 Å². The third kappa shape index (κ3) is 3.40. The summed E-state index contributed by atoms with van der Waals surface area (Å²) in [5, 5.41) is 13.3. The van der Waals surface area contributed by atoms with E-state index in [2.05, 4.69) is 22.4 Å². The molecule has 0 aliphatic heterocycles. The highest BCUT2D eigenvalue weighted by atomic mass is 32.1. The van der Waals surface area contributed by atoms with Gasteiger partial charge in [0.15, 0.2) is 0 Å². The van der Waals surface area contributed by atoms with Crippen molar-refractivity contribution in [2.24, 2.45) is 0 Å². The minimum Gasteiger partial charge on any atom is -0.392 e. The number of nitrogens with one attached hydrogen (secondary N) is 1. The van der Waals surface area contributed by atoms with Crippen LogP contribution in [0.3, 0.4) is 0 Å². The van der Waals surface area contributed by atoms with Crippen LogP contribution in [-0.4, -0.2) is 17.1 Å². The molecule has 2 aromatic carbocycles. The number of aliphatic hydroxyl groups excluding tert-OH is 1. The number of thiazole rings is 1. The fourth-order valence-electron chi connectivity index (χ4n) is 1.97. The zero-order valence-corrected chi connectivity index (χ0v) is 13.4. The van der Waals surface area contributed by atoms with Gasteiger partial charge >= 0.3 is 0 Å². The van der Waals surface area contributed by atoms with Gasteiger partial charge in [0.1, 0.15) is 5.01 Å². The highest BCUT2D eigenvalue weighted by Crippen LogP contribution is 2.31. The first-order valence-electron chi connectivity index (χ1n) is 7.08. The van der Waals surface area contributed by atoms with Crippen molar-refractivity contribution in [1.29, 1.82) is 0 Å². The number of rotatable bonds is 3. The Morgan fingerprint density at radius 1 is 1.10 bits per heavy atom. The van der Waals surface area contributed by atoms with Crippen molar-refractivity contribution in [3.63, 3.8) is 0 Å². The number of aromatic nitrogens is 1. The van der Waals surface area contributed by atoms with Gasteiger partial charge in [-0.05, 0) is 42.0 Å². The maximum atomic E-state index is 9.16. The normalized spacial score (nSPS) is 10.1. The van der Waals surface area contributed by atoms with Gasteiger partial charge in [-0.1, -0.05) is 19.9 Å². The summed E-state index contributed by atoms with van der Waals surface area (Å²) in [5.74, 6) is 0. The van der Waals surface area contributed by atoms with Gasteiger partial charge < -0.3 is 10.4 Å². The molecule has 0 saturated carbocycles. The largest absolute Gasteiger partial charge is 0.392 e. The summed E-state index contributed by atoms with van der Waals surface area (Å²) in [4.78, 5) is 4.63. The smallest absolute Gasteiger partial charge is 0.124 e. The third-order valence-corrected chi connectivity index (χ3v) is 4.12. The maximum Gasteiger partial charge on any atom is 0.124 e. The molecule has 0 aliphatic carbocycles.